The minimum Gasteiger partial charge on any atom is -0.165 e. The van der Waals surface area contributed by atoms with Gasteiger partial charge in [0.1, 0.15) is 0 Å². The molecule has 0 aliphatic carbocycles. The van der Waals surface area contributed by atoms with Crippen molar-refractivity contribution >= 4 is 10.8 Å². The summed E-state index contributed by atoms with van der Waals surface area (Å²) in [4.78, 5) is 0. The van der Waals surface area contributed by atoms with Crippen LogP contribution in [0.25, 0.3) is 21.9 Å². The number of fused-ring (bicyclic) bond motifs is 1. The van der Waals surface area contributed by atoms with Gasteiger partial charge < -0.3 is 0 Å². The Morgan fingerprint density at radius 3 is 2.21 bits per heavy atom. The molecule has 0 atom stereocenters. The van der Waals surface area contributed by atoms with Gasteiger partial charge in [-0.15, -0.1) is 34.5 Å². The SMILES string of the molecule is Cc1cc(C)cc(-c2cccc3[cH-]c(C)cc23)c1.[Hf]. The van der Waals surface area contributed by atoms with Crippen molar-refractivity contribution in [2.45, 2.75) is 20.8 Å². The zero-order valence-electron chi connectivity index (χ0n) is 11.6. The summed E-state index contributed by atoms with van der Waals surface area (Å²) in [5.74, 6) is 0. The Kier molecular flexibility index (Phi) is 4.15. The normalized spacial score (nSPS) is 10.5. The van der Waals surface area contributed by atoms with Crippen molar-refractivity contribution in [3.8, 4) is 11.1 Å². The molecule has 19 heavy (non-hydrogen) atoms. The monoisotopic (exact) mass is 413 g/mol. The van der Waals surface area contributed by atoms with E-state index in [0.717, 1.165) is 0 Å². The van der Waals surface area contributed by atoms with Crippen LogP contribution in [-0.4, -0.2) is 0 Å². The van der Waals surface area contributed by atoms with Gasteiger partial charge in [-0.25, -0.2) is 0 Å². The Labute approximate surface area is 133 Å². The number of hydrogen-bond donors (Lipinski definition) is 0. The van der Waals surface area contributed by atoms with Gasteiger partial charge in [-0.1, -0.05) is 47.9 Å². The average Bonchev–Trinajstić information content (AvgIpc) is 2.67. The first-order valence-corrected chi connectivity index (χ1v) is 6.38. The van der Waals surface area contributed by atoms with E-state index in [2.05, 4.69) is 69.3 Å². The summed E-state index contributed by atoms with van der Waals surface area (Å²) in [7, 11) is 0. The van der Waals surface area contributed by atoms with E-state index in [1.54, 1.807) is 0 Å². The fourth-order valence-corrected chi connectivity index (χ4v) is 2.77. The van der Waals surface area contributed by atoms with E-state index in [9.17, 15) is 0 Å². The molecule has 0 saturated heterocycles. The molecule has 0 N–H and O–H groups in total. The van der Waals surface area contributed by atoms with E-state index in [4.69, 9.17) is 0 Å². The molecule has 3 aromatic carbocycles. The minimum atomic E-state index is 0. The molecule has 0 spiro atoms. The summed E-state index contributed by atoms with van der Waals surface area (Å²) in [5.41, 5.74) is 6.65. The number of rotatable bonds is 1. The molecule has 0 aromatic heterocycles. The fraction of sp³-hybridized carbons (Fsp3) is 0.167. The molecule has 3 rings (SSSR count). The third kappa shape index (κ3) is 2.76. The van der Waals surface area contributed by atoms with Gasteiger partial charge in [0.05, 0.1) is 0 Å². The first-order chi connectivity index (χ1) is 8.63. The molecule has 0 saturated carbocycles. The molecule has 0 fully saturated rings. The molecule has 3 aromatic rings. The Hall–Kier alpha value is -1.08. The number of aryl methyl sites for hydroxylation is 3. The third-order valence-corrected chi connectivity index (χ3v) is 3.43. The Balaban J connectivity index is 0.00000133. The maximum absolute atomic E-state index is 2.28. The molecule has 0 aliphatic rings. The van der Waals surface area contributed by atoms with Crippen LogP contribution in [0.5, 0.6) is 0 Å². The van der Waals surface area contributed by atoms with Crippen molar-refractivity contribution in [1.82, 2.24) is 0 Å². The van der Waals surface area contributed by atoms with E-state index in [1.165, 1.54) is 38.6 Å². The predicted molar refractivity (Wildman–Crippen MR) is 79.2 cm³/mol. The third-order valence-electron chi connectivity index (χ3n) is 3.43. The van der Waals surface area contributed by atoms with Gasteiger partial charge in [0.25, 0.3) is 0 Å². The average molecular weight is 412 g/mol. The van der Waals surface area contributed by atoms with E-state index in [0.29, 0.717) is 0 Å². The van der Waals surface area contributed by atoms with Crippen LogP contribution in [0.15, 0.2) is 48.5 Å². The molecule has 0 bridgehead atoms. The standard InChI is InChI=1S/C18H17.Hf/c1-12-7-13(2)10-16(9-12)17-6-4-5-15-8-14(3)11-18(15)17;/h4-11H,1-3H3;/q-1;. The summed E-state index contributed by atoms with van der Waals surface area (Å²) in [6.07, 6.45) is 0. The molecule has 0 aliphatic heterocycles. The van der Waals surface area contributed by atoms with Gasteiger partial charge in [-0.05, 0) is 19.4 Å². The fourth-order valence-electron chi connectivity index (χ4n) is 2.77. The topological polar surface area (TPSA) is 0 Å². The van der Waals surface area contributed by atoms with Crippen LogP contribution in [0.3, 0.4) is 0 Å². The van der Waals surface area contributed by atoms with Crippen LogP contribution in [0, 0.1) is 20.8 Å². The first-order valence-electron chi connectivity index (χ1n) is 6.38. The van der Waals surface area contributed by atoms with Crippen LogP contribution in [-0.2, 0) is 25.8 Å². The summed E-state index contributed by atoms with van der Waals surface area (Å²) < 4.78 is 0. The second-order valence-electron chi connectivity index (χ2n) is 5.22. The van der Waals surface area contributed by atoms with E-state index in [1.807, 2.05) is 0 Å². The zero-order valence-corrected chi connectivity index (χ0v) is 15.2. The van der Waals surface area contributed by atoms with Crippen LogP contribution < -0.4 is 0 Å². The summed E-state index contributed by atoms with van der Waals surface area (Å²) >= 11 is 0. The van der Waals surface area contributed by atoms with Gasteiger partial charge in [0.2, 0.25) is 0 Å². The van der Waals surface area contributed by atoms with Gasteiger partial charge >= 0.3 is 0 Å². The smallest absolute Gasteiger partial charge is 0 e. The second-order valence-corrected chi connectivity index (χ2v) is 5.22. The van der Waals surface area contributed by atoms with Crippen molar-refractivity contribution in [2.75, 3.05) is 0 Å². The molecule has 1 heteroatoms. The maximum atomic E-state index is 2.28. The predicted octanol–water partition coefficient (Wildman–Crippen LogP) is 5.15. The van der Waals surface area contributed by atoms with Crippen LogP contribution in [0.1, 0.15) is 16.7 Å². The van der Waals surface area contributed by atoms with Crippen LogP contribution in [0.4, 0.5) is 0 Å². The van der Waals surface area contributed by atoms with E-state index >= 15 is 0 Å². The molecular weight excluding hydrogens is 395 g/mol. The van der Waals surface area contributed by atoms with Crippen molar-refractivity contribution in [1.29, 1.82) is 0 Å². The van der Waals surface area contributed by atoms with Crippen molar-refractivity contribution in [2.24, 2.45) is 0 Å². The van der Waals surface area contributed by atoms with Crippen molar-refractivity contribution in [3.63, 3.8) is 0 Å². The van der Waals surface area contributed by atoms with E-state index in [-0.39, 0.29) is 25.8 Å². The Bertz CT molecular complexity index is 699. The zero-order chi connectivity index (χ0) is 12.7. The van der Waals surface area contributed by atoms with Gasteiger partial charge in [-0.3, -0.25) is 0 Å². The second kappa shape index (κ2) is 5.50. The quantitative estimate of drug-likeness (QED) is 0.384. The number of hydrogen-bond acceptors (Lipinski definition) is 0. The molecular formula is C18H17Hf-. The first kappa shape index (κ1) is 14.3. The molecule has 94 valence electrons. The van der Waals surface area contributed by atoms with Gasteiger partial charge in [-0.2, -0.15) is 6.07 Å². The Morgan fingerprint density at radius 1 is 0.842 bits per heavy atom. The molecule has 0 heterocycles. The van der Waals surface area contributed by atoms with Crippen molar-refractivity contribution < 1.29 is 25.8 Å². The summed E-state index contributed by atoms with van der Waals surface area (Å²) in [6.45, 7) is 6.48. The van der Waals surface area contributed by atoms with Crippen LogP contribution in [0.2, 0.25) is 0 Å². The minimum absolute atomic E-state index is 0. The van der Waals surface area contributed by atoms with Crippen LogP contribution >= 0.6 is 0 Å². The van der Waals surface area contributed by atoms with Gasteiger partial charge in [0, 0.05) is 25.8 Å². The number of benzene rings is 2. The maximum Gasteiger partial charge on any atom is 0 e. The molecule has 0 nitrogen and oxygen atoms in total. The molecule has 0 radical (unpaired) electrons. The Morgan fingerprint density at radius 2 is 1.53 bits per heavy atom. The largest absolute Gasteiger partial charge is 0.165 e. The summed E-state index contributed by atoms with van der Waals surface area (Å²) in [6, 6.07) is 17.8. The van der Waals surface area contributed by atoms with Crippen molar-refractivity contribution in [3.05, 3.63) is 65.2 Å². The summed E-state index contributed by atoms with van der Waals surface area (Å²) in [5, 5.41) is 2.70. The van der Waals surface area contributed by atoms with E-state index < -0.39 is 0 Å². The van der Waals surface area contributed by atoms with Gasteiger partial charge in [0.15, 0.2) is 0 Å². The molecule has 0 amide bonds. The molecule has 0 unspecified atom stereocenters.